The van der Waals surface area contributed by atoms with E-state index < -0.39 is 11.7 Å². The van der Waals surface area contributed by atoms with Crippen LogP contribution in [0.25, 0.3) is 0 Å². The Morgan fingerprint density at radius 1 is 1.16 bits per heavy atom. The first kappa shape index (κ1) is 17.5. The number of halogens is 4. The van der Waals surface area contributed by atoms with Gasteiger partial charge in [-0.1, -0.05) is 11.6 Å². The number of rotatable bonds is 3. The number of nitrogens with one attached hydrogen (secondary N) is 1. The van der Waals surface area contributed by atoms with E-state index in [1.165, 1.54) is 18.5 Å². The smallest absolute Gasteiger partial charge is 0.339 e. The summed E-state index contributed by atoms with van der Waals surface area (Å²) in [4.78, 5) is 21.9. The summed E-state index contributed by atoms with van der Waals surface area (Å²) in [5.74, 6) is -0.0525. The van der Waals surface area contributed by atoms with Crippen molar-refractivity contribution in [2.75, 3.05) is 18.4 Å². The van der Waals surface area contributed by atoms with Crippen LogP contribution in [0.15, 0.2) is 30.6 Å². The first-order valence-electron chi connectivity index (χ1n) is 7.60. The monoisotopic (exact) mass is 370 g/mol. The molecule has 5 nitrogen and oxygen atoms in total. The van der Waals surface area contributed by atoms with Crippen LogP contribution in [0.4, 0.5) is 24.8 Å². The van der Waals surface area contributed by atoms with Crippen LogP contribution in [0.2, 0.25) is 5.02 Å². The number of hydrogen-bond acceptors (Lipinski definition) is 4. The number of likely N-dealkylation sites (tertiary alicyclic amines) is 1. The Labute approximate surface area is 146 Å². The molecule has 1 aromatic carbocycles. The van der Waals surface area contributed by atoms with Gasteiger partial charge in [-0.3, -0.25) is 4.79 Å². The number of carbonyl (C=O) groups excluding carboxylic acids is 1. The summed E-state index contributed by atoms with van der Waals surface area (Å²) in [6.07, 6.45) is 0.115. The Hall–Kier alpha value is -2.35. The summed E-state index contributed by atoms with van der Waals surface area (Å²) in [7, 11) is 0. The Bertz CT molecular complexity index is 774. The molecule has 1 aliphatic heterocycles. The van der Waals surface area contributed by atoms with Gasteiger partial charge in [-0.15, -0.1) is 0 Å². The number of alkyl halides is 3. The second-order valence-corrected chi connectivity index (χ2v) is 6.02. The molecule has 1 fully saturated rings. The summed E-state index contributed by atoms with van der Waals surface area (Å²) in [6, 6.07) is 3.43. The summed E-state index contributed by atoms with van der Waals surface area (Å²) in [6.45, 7) is 1.42. The van der Waals surface area contributed by atoms with Gasteiger partial charge in [-0.25, -0.2) is 9.97 Å². The predicted octanol–water partition coefficient (Wildman–Crippen LogP) is 4.13. The van der Waals surface area contributed by atoms with Gasteiger partial charge in [0.15, 0.2) is 0 Å². The second kappa shape index (κ2) is 6.87. The topological polar surface area (TPSA) is 58.1 Å². The third-order valence-electron chi connectivity index (χ3n) is 3.82. The molecule has 0 unspecified atom stereocenters. The fourth-order valence-corrected chi connectivity index (χ4v) is 2.78. The van der Waals surface area contributed by atoms with Gasteiger partial charge in [0.1, 0.15) is 0 Å². The Kier molecular flexibility index (Phi) is 4.80. The lowest BCUT2D eigenvalue weighted by Gasteiger charge is -2.15. The van der Waals surface area contributed by atoms with Crippen LogP contribution < -0.4 is 5.32 Å². The quantitative estimate of drug-likeness (QED) is 0.882. The number of nitrogens with zero attached hydrogens (tertiary/aromatic N) is 3. The highest BCUT2D eigenvalue weighted by Gasteiger charge is 2.33. The minimum absolute atomic E-state index is 0.0911. The highest BCUT2D eigenvalue weighted by atomic mass is 35.5. The molecular formula is C16H14ClF3N4O. The molecule has 0 radical (unpaired) electrons. The van der Waals surface area contributed by atoms with Crippen molar-refractivity contribution in [3.8, 4) is 0 Å². The number of carbonyl (C=O) groups is 1. The highest BCUT2D eigenvalue weighted by Crippen LogP contribution is 2.36. The molecule has 0 atom stereocenters. The van der Waals surface area contributed by atoms with E-state index in [0.29, 0.717) is 18.7 Å². The zero-order valence-electron chi connectivity index (χ0n) is 13.0. The van der Waals surface area contributed by atoms with E-state index in [-0.39, 0.29) is 22.6 Å². The molecule has 9 heteroatoms. The van der Waals surface area contributed by atoms with Crippen molar-refractivity contribution in [2.24, 2.45) is 0 Å². The van der Waals surface area contributed by atoms with Gasteiger partial charge in [-0.05, 0) is 31.0 Å². The molecule has 2 aromatic rings. The minimum atomic E-state index is -4.55. The van der Waals surface area contributed by atoms with Crippen molar-refractivity contribution < 1.29 is 18.0 Å². The molecule has 0 saturated carbocycles. The third-order valence-corrected chi connectivity index (χ3v) is 4.15. The van der Waals surface area contributed by atoms with Gasteiger partial charge in [0.25, 0.3) is 5.91 Å². The lowest BCUT2D eigenvalue weighted by Crippen LogP contribution is -2.27. The van der Waals surface area contributed by atoms with Gasteiger partial charge in [0.2, 0.25) is 5.95 Å². The van der Waals surface area contributed by atoms with Crippen molar-refractivity contribution in [3.63, 3.8) is 0 Å². The van der Waals surface area contributed by atoms with Crippen molar-refractivity contribution >= 4 is 29.1 Å². The lowest BCUT2D eigenvalue weighted by atomic mass is 10.2. The maximum atomic E-state index is 12.9. The molecule has 1 N–H and O–H groups in total. The third kappa shape index (κ3) is 4.01. The molecule has 1 amide bonds. The molecule has 1 aliphatic rings. The van der Waals surface area contributed by atoms with Gasteiger partial charge >= 0.3 is 6.18 Å². The van der Waals surface area contributed by atoms with Crippen LogP contribution in [0.3, 0.4) is 0 Å². The number of benzene rings is 1. The molecule has 0 aliphatic carbocycles. The normalized spacial score (nSPS) is 14.6. The largest absolute Gasteiger partial charge is 0.417 e. The fourth-order valence-electron chi connectivity index (χ4n) is 2.56. The number of aromatic nitrogens is 2. The Morgan fingerprint density at radius 2 is 1.80 bits per heavy atom. The first-order chi connectivity index (χ1) is 11.8. The van der Waals surface area contributed by atoms with E-state index in [9.17, 15) is 18.0 Å². The minimum Gasteiger partial charge on any atom is -0.339 e. The standard InChI is InChI=1S/C16H14ClF3N4O/c17-13-4-3-11(7-12(13)16(18,19)20)23-15-21-8-10(9-22-15)14(25)24-5-1-2-6-24/h3-4,7-9H,1-2,5-6H2,(H,21,22,23). The Balaban J connectivity index is 1.74. The van der Waals surface area contributed by atoms with E-state index in [2.05, 4.69) is 15.3 Å². The fraction of sp³-hybridized carbons (Fsp3) is 0.312. The average Bonchev–Trinajstić information content (AvgIpc) is 3.10. The van der Waals surface area contributed by atoms with Crippen molar-refractivity contribution in [2.45, 2.75) is 19.0 Å². The van der Waals surface area contributed by atoms with Crippen LogP contribution >= 0.6 is 11.6 Å². The van der Waals surface area contributed by atoms with E-state index in [4.69, 9.17) is 11.6 Å². The molecule has 132 valence electrons. The molecule has 0 spiro atoms. The van der Waals surface area contributed by atoms with Gasteiger partial charge in [0, 0.05) is 31.2 Å². The van der Waals surface area contributed by atoms with E-state index >= 15 is 0 Å². The van der Waals surface area contributed by atoms with Gasteiger partial charge in [-0.2, -0.15) is 13.2 Å². The molecule has 25 heavy (non-hydrogen) atoms. The summed E-state index contributed by atoms with van der Waals surface area (Å²) < 4.78 is 38.6. The Morgan fingerprint density at radius 3 is 2.40 bits per heavy atom. The van der Waals surface area contributed by atoms with Crippen LogP contribution in [-0.2, 0) is 6.18 Å². The highest BCUT2D eigenvalue weighted by molar-refractivity contribution is 6.31. The maximum absolute atomic E-state index is 12.9. The number of hydrogen-bond donors (Lipinski definition) is 1. The summed E-state index contributed by atoms with van der Waals surface area (Å²) in [5, 5.41) is 2.29. The van der Waals surface area contributed by atoms with Crippen LogP contribution in [0.5, 0.6) is 0 Å². The van der Waals surface area contributed by atoms with Gasteiger partial charge in [0.05, 0.1) is 16.1 Å². The molecule has 2 heterocycles. The molecule has 1 saturated heterocycles. The maximum Gasteiger partial charge on any atom is 0.417 e. The van der Waals surface area contributed by atoms with Crippen LogP contribution in [0.1, 0.15) is 28.8 Å². The zero-order valence-corrected chi connectivity index (χ0v) is 13.7. The predicted molar refractivity (Wildman–Crippen MR) is 86.9 cm³/mol. The number of anilines is 2. The van der Waals surface area contributed by atoms with Crippen molar-refractivity contribution in [1.29, 1.82) is 0 Å². The zero-order chi connectivity index (χ0) is 18.0. The second-order valence-electron chi connectivity index (χ2n) is 5.61. The van der Waals surface area contributed by atoms with Crippen molar-refractivity contribution in [1.82, 2.24) is 14.9 Å². The summed E-state index contributed by atoms with van der Waals surface area (Å²) >= 11 is 5.58. The van der Waals surface area contributed by atoms with E-state index in [1.807, 2.05) is 0 Å². The SMILES string of the molecule is O=C(c1cnc(Nc2ccc(Cl)c(C(F)(F)F)c2)nc1)N1CCCC1. The van der Waals surface area contributed by atoms with Gasteiger partial charge < -0.3 is 10.2 Å². The van der Waals surface area contributed by atoms with E-state index in [0.717, 1.165) is 25.0 Å². The average molecular weight is 371 g/mol. The first-order valence-corrected chi connectivity index (χ1v) is 7.97. The van der Waals surface area contributed by atoms with Crippen LogP contribution in [0, 0.1) is 0 Å². The van der Waals surface area contributed by atoms with Crippen molar-refractivity contribution in [3.05, 3.63) is 46.7 Å². The van der Waals surface area contributed by atoms with Crippen LogP contribution in [-0.4, -0.2) is 33.9 Å². The molecule has 1 aromatic heterocycles. The molecule has 0 bridgehead atoms. The summed E-state index contributed by atoms with van der Waals surface area (Å²) in [5.41, 5.74) is -0.449. The lowest BCUT2D eigenvalue weighted by molar-refractivity contribution is -0.137. The molecular weight excluding hydrogens is 357 g/mol. The molecule has 3 rings (SSSR count). The number of amides is 1. The van der Waals surface area contributed by atoms with E-state index in [1.54, 1.807) is 4.90 Å².